The number of rotatable bonds is 5. The number of nitrogens with zero attached hydrogens (tertiary/aromatic N) is 2. The number of carbonyl (C=O) groups is 3. The predicted octanol–water partition coefficient (Wildman–Crippen LogP) is 3.57. The van der Waals surface area contributed by atoms with Crippen LogP contribution in [0.2, 0.25) is 0 Å². The van der Waals surface area contributed by atoms with Crippen LogP contribution in [0, 0.1) is 0 Å². The Bertz CT molecular complexity index is 1050. The molecule has 0 spiro atoms. The van der Waals surface area contributed by atoms with E-state index in [1.54, 1.807) is 37.4 Å². The molecule has 0 aliphatic carbocycles. The minimum absolute atomic E-state index is 0.113. The van der Waals surface area contributed by atoms with E-state index in [9.17, 15) is 14.4 Å². The Kier molecular flexibility index (Phi) is 5.99. The van der Waals surface area contributed by atoms with Gasteiger partial charge in [0, 0.05) is 42.8 Å². The Morgan fingerprint density at radius 1 is 0.862 bits per heavy atom. The van der Waals surface area contributed by atoms with E-state index in [0.717, 1.165) is 5.69 Å². The normalized spacial score (nSPS) is 10.1. The lowest BCUT2D eigenvalue weighted by molar-refractivity contribution is -0.114. The van der Waals surface area contributed by atoms with Gasteiger partial charge in [-0.1, -0.05) is 24.3 Å². The van der Waals surface area contributed by atoms with Gasteiger partial charge in [-0.25, -0.2) is 0 Å². The van der Waals surface area contributed by atoms with Crippen molar-refractivity contribution in [1.29, 1.82) is 0 Å². The van der Waals surface area contributed by atoms with Gasteiger partial charge in [0.05, 0.1) is 0 Å². The predicted molar refractivity (Wildman–Crippen MR) is 112 cm³/mol. The molecule has 7 heteroatoms. The maximum absolute atomic E-state index is 12.8. The molecule has 0 atom stereocenters. The van der Waals surface area contributed by atoms with Crippen molar-refractivity contribution < 1.29 is 14.4 Å². The highest BCUT2D eigenvalue weighted by Gasteiger charge is 2.16. The molecule has 3 aromatic rings. The number of amides is 3. The van der Waals surface area contributed by atoms with Crippen LogP contribution in [0.5, 0.6) is 0 Å². The fourth-order valence-corrected chi connectivity index (χ4v) is 2.72. The molecule has 1 heterocycles. The van der Waals surface area contributed by atoms with Crippen LogP contribution in [0.25, 0.3) is 0 Å². The van der Waals surface area contributed by atoms with Crippen LogP contribution in [0.4, 0.5) is 17.1 Å². The molecule has 0 aliphatic heterocycles. The van der Waals surface area contributed by atoms with Crippen molar-refractivity contribution in [3.63, 3.8) is 0 Å². The largest absolute Gasteiger partial charge is 0.326 e. The molecule has 2 aromatic carbocycles. The van der Waals surface area contributed by atoms with E-state index in [-0.39, 0.29) is 17.5 Å². The summed E-state index contributed by atoms with van der Waals surface area (Å²) in [6.45, 7) is 1.41. The Balaban J connectivity index is 1.76. The molecule has 0 unspecified atom stereocenters. The van der Waals surface area contributed by atoms with Crippen molar-refractivity contribution in [3.8, 4) is 0 Å². The summed E-state index contributed by atoms with van der Waals surface area (Å²) in [5, 5.41) is 5.38. The van der Waals surface area contributed by atoms with Crippen LogP contribution >= 0.6 is 0 Å². The second-order valence-corrected chi connectivity index (χ2v) is 6.35. The van der Waals surface area contributed by atoms with Crippen molar-refractivity contribution in [1.82, 2.24) is 4.98 Å². The molecule has 3 amide bonds. The molecule has 29 heavy (non-hydrogen) atoms. The third-order valence-corrected chi connectivity index (χ3v) is 4.13. The molecule has 1 aromatic heterocycles. The highest BCUT2D eigenvalue weighted by Crippen LogP contribution is 2.17. The zero-order valence-corrected chi connectivity index (χ0v) is 16.0. The summed E-state index contributed by atoms with van der Waals surface area (Å²) in [5.74, 6) is -0.911. The molecule has 0 aliphatic rings. The standard InChI is InChI=1S/C22H20N4O3/c1-15(27)24-17-7-6-8-18(14-17)25-21(28)20-13-16(11-12-23-20)22(29)26(2)19-9-4-3-5-10-19/h3-14H,1-2H3,(H,24,27)(H,25,28). The molecule has 2 N–H and O–H groups in total. The minimum Gasteiger partial charge on any atom is -0.326 e. The highest BCUT2D eigenvalue weighted by atomic mass is 16.2. The van der Waals surface area contributed by atoms with Crippen LogP contribution in [0.15, 0.2) is 72.9 Å². The summed E-state index contributed by atoms with van der Waals surface area (Å²) in [6.07, 6.45) is 1.43. The zero-order valence-electron chi connectivity index (χ0n) is 16.0. The van der Waals surface area contributed by atoms with Gasteiger partial charge in [0.2, 0.25) is 5.91 Å². The molecular weight excluding hydrogens is 368 g/mol. The first kappa shape index (κ1) is 19.8. The van der Waals surface area contributed by atoms with Gasteiger partial charge >= 0.3 is 0 Å². The minimum atomic E-state index is -0.456. The summed E-state index contributed by atoms with van der Waals surface area (Å²) in [5.41, 5.74) is 2.28. The summed E-state index contributed by atoms with van der Waals surface area (Å²) >= 11 is 0. The molecule has 0 bridgehead atoms. The molecular formula is C22H20N4O3. The Labute approximate surface area is 168 Å². The van der Waals surface area contributed by atoms with E-state index in [1.807, 2.05) is 30.3 Å². The molecule has 0 radical (unpaired) electrons. The van der Waals surface area contributed by atoms with Crippen LogP contribution in [0.3, 0.4) is 0 Å². The van der Waals surface area contributed by atoms with Gasteiger partial charge in [-0.3, -0.25) is 19.4 Å². The highest BCUT2D eigenvalue weighted by molar-refractivity contribution is 6.08. The lowest BCUT2D eigenvalue weighted by Crippen LogP contribution is -2.26. The van der Waals surface area contributed by atoms with Crippen molar-refractivity contribution in [2.75, 3.05) is 22.6 Å². The number of para-hydroxylation sites is 1. The van der Waals surface area contributed by atoms with Crippen molar-refractivity contribution in [3.05, 3.63) is 84.2 Å². The SMILES string of the molecule is CC(=O)Nc1cccc(NC(=O)c2cc(C(=O)N(C)c3ccccc3)ccn2)c1. The van der Waals surface area contributed by atoms with Crippen LogP contribution in [-0.4, -0.2) is 29.8 Å². The monoisotopic (exact) mass is 388 g/mol. The fraction of sp³-hybridized carbons (Fsp3) is 0.0909. The number of nitrogens with one attached hydrogen (secondary N) is 2. The van der Waals surface area contributed by atoms with E-state index in [0.29, 0.717) is 16.9 Å². The number of anilines is 3. The maximum atomic E-state index is 12.8. The molecule has 7 nitrogen and oxygen atoms in total. The third kappa shape index (κ3) is 5.04. The number of pyridine rings is 1. The lowest BCUT2D eigenvalue weighted by Gasteiger charge is -2.17. The summed E-state index contributed by atoms with van der Waals surface area (Å²) in [6, 6.07) is 19.0. The third-order valence-electron chi connectivity index (χ3n) is 4.13. The van der Waals surface area contributed by atoms with Gasteiger partial charge in [0.15, 0.2) is 0 Å². The Morgan fingerprint density at radius 3 is 2.24 bits per heavy atom. The first-order valence-electron chi connectivity index (χ1n) is 8.92. The van der Waals surface area contributed by atoms with Gasteiger partial charge in [-0.05, 0) is 42.5 Å². The summed E-state index contributed by atoms with van der Waals surface area (Å²) in [4.78, 5) is 42.1. The summed E-state index contributed by atoms with van der Waals surface area (Å²) < 4.78 is 0. The second kappa shape index (κ2) is 8.79. The fourth-order valence-electron chi connectivity index (χ4n) is 2.72. The summed E-state index contributed by atoms with van der Waals surface area (Å²) in [7, 11) is 1.67. The number of aromatic nitrogens is 1. The molecule has 0 saturated heterocycles. The number of carbonyl (C=O) groups excluding carboxylic acids is 3. The van der Waals surface area contributed by atoms with Gasteiger partial charge in [0.25, 0.3) is 11.8 Å². The van der Waals surface area contributed by atoms with Crippen LogP contribution < -0.4 is 15.5 Å². The van der Waals surface area contributed by atoms with Crippen molar-refractivity contribution >= 4 is 34.8 Å². The van der Waals surface area contributed by atoms with Gasteiger partial charge in [-0.2, -0.15) is 0 Å². The number of hydrogen-bond donors (Lipinski definition) is 2. The van der Waals surface area contributed by atoms with Crippen LogP contribution in [-0.2, 0) is 4.79 Å². The zero-order chi connectivity index (χ0) is 20.8. The van der Waals surface area contributed by atoms with E-state index in [1.165, 1.54) is 24.1 Å². The Morgan fingerprint density at radius 2 is 1.55 bits per heavy atom. The Hall–Kier alpha value is -4.00. The first-order valence-corrected chi connectivity index (χ1v) is 8.92. The van der Waals surface area contributed by atoms with Gasteiger partial charge in [0.1, 0.15) is 5.69 Å². The van der Waals surface area contributed by atoms with Gasteiger partial charge < -0.3 is 15.5 Å². The molecule has 0 saturated carbocycles. The first-order chi connectivity index (χ1) is 13.9. The topological polar surface area (TPSA) is 91.4 Å². The van der Waals surface area contributed by atoms with Gasteiger partial charge in [-0.15, -0.1) is 0 Å². The van der Waals surface area contributed by atoms with Crippen molar-refractivity contribution in [2.24, 2.45) is 0 Å². The van der Waals surface area contributed by atoms with Crippen molar-refractivity contribution in [2.45, 2.75) is 6.92 Å². The number of benzene rings is 2. The molecule has 3 rings (SSSR count). The average Bonchev–Trinajstić information content (AvgIpc) is 2.73. The maximum Gasteiger partial charge on any atom is 0.274 e. The van der Waals surface area contributed by atoms with E-state index < -0.39 is 5.91 Å². The average molecular weight is 388 g/mol. The lowest BCUT2D eigenvalue weighted by atomic mass is 10.1. The van der Waals surface area contributed by atoms with E-state index in [4.69, 9.17) is 0 Å². The second-order valence-electron chi connectivity index (χ2n) is 6.35. The quantitative estimate of drug-likeness (QED) is 0.699. The van der Waals surface area contributed by atoms with E-state index in [2.05, 4.69) is 15.6 Å². The molecule has 0 fully saturated rings. The molecule has 146 valence electrons. The van der Waals surface area contributed by atoms with Crippen LogP contribution in [0.1, 0.15) is 27.8 Å². The smallest absolute Gasteiger partial charge is 0.274 e. The van der Waals surface area contributed by atoms with E-state index >= 15 is 0 Å². The number of hydrogen-bond acceptors (Lipinski definition) is 4.